The third-order valence-corrected chi connectivity index (χ3v) is 5.81. The van der Waals surface area contributed by atoms with E-state index in [-0.39, 0.29) is 36.5 Å². The highest BCUT2D eigenvalue weighted by atomic mass is 16.2. The van der Waals surface area contributed by atoms with E-state index in [0.29, 0.717) is 36.8 Å². The number of rotatable bonds is 5. The number of anilines is 1. The first kappa shape index (κ1) is 21.5. The van der Waals surface area contributed by atoms with Crippen LogP contribution in [-0.4, -0.2) is 45.5 Å². The van der Waals surface area contributed by atoms with Crippen LogP contribution in [0.25, 0.3) is 10.9 Å². The third kappa shape index (κ3) is 4.96. The van der Waals surface area contributed by atoms with Crippen molar-refractivity contribution >= 4 is 28.5 Å². The second-order valence-electron chi connectivity index (χ2n) is 8.09. The van der Waals surface area contributed by atoms with E-state index in [9.17, 15) is 14.4 Å². The van der Waals surface area contributed by atoms with E-state index in [0.717, 1.165) is 11.3 Å². The molecule has 3 amide bonds. The van der Waals surface area contributed by atoms with E-state index in [1.54, 1.807) is 11.0 Å². The van der Waals surface area contributed by atoms with Crippen molar-refractivity contribution in [1.29, 1.82) is 0 Å². The van der Waals surface area contributed by atoms with Gasteiger partial charge in [-0.05, 0) is 43.5 Å². The average molecular weight is 434 g/mol. The number of aryl methyl sites for hydroxylation is 2. The molecular weight excluding hydrogens is 406 g/mol. The zero-order valence-corrected chi connectivity index (χ0v) is 18.1. The van der Waals surface area contributed by atoms with Gasteiger partial charge in [0.1, 0.15) is 0 Å². The quantitative estimate of drug-likeness (QED) is 0.647. The smallest absolute Gasteiger partial charge is 0.321 e. The lowest BCUT2D eigenvalue weighted by atomic mass is 10.1. The predicted molar refractivity (Wildman–Crippen MR) is 124 cm³/mol. The molecule has 32 heavy (non-hydrogen) atoms. The van der Waals surface area contributed by atoms with Crippen molar-refractivity contribution in [3.05, 3.63) is 70.8 Å². The maximum absolute atomic E-state index is 12.7. The van der Waals surface area contributed by atoms with Gasteiger partial charge < -0.3 is 15.5 Å². The summed E-state index contributed by atoms with van der Waals surface area (Å²) in [4.78, 5) is 43.6. The first-order valence-corrected chi connectivity index (χ1v) is 10.9. The Labute approximate surface area is 186 Å². The first-order chi connectivity index (χ1) is 15.5. The van der Waals surface area contributed by atoms with Crippen LogP contribution in [0.4, 0.5) is 10.5 Å². The Kier molecular flexibility index (Phi) is 6.49. The van der Waals surface area contributed by atoms with Crippen molar-refractivity contribution in [3.8, 4) is 0 Å². The maximum Gasteiger partial charge on any atom is 0.321 e. The predicted octanol–water partition coefficient (Wildman–Crippen LogP) is 2.91. The Morgan fingerprint density at radius 1 is 1.06 bits per heavy atom. The maximum atomic E-state index is 12.7. The normalized spacial score (nSPS) is 14.3. The zero-order valence-electron chi connectivity index (χ0n) is 18.1. The van der Waals surface area contributed by atoms with Crippen molar-refractivity contribution < 1.29 is 9.59 Å². The number of amides is 3. The lowest BCUT2D eigenvalue weighted by molar-refractivity contribution is -0.122. The zero-order chi connectivity index (χ0) is 22.5. The molecule has 1 saturated heterocycles. The van der Waals surface area contributed by atoms with Crippen LogP contribution in [0.5, 0.6) is 0 Å². The molecule has 0 radical (unpaired) electrons. The SMILES string of the molecule is Cc1cccc2c(=O)n(CCC(=O)NC3CCN(C(=O)Nc4ccccc4)CC3)cnc12. The van der Waals surface area contributed by atoms with E-state index in [1.807, 2.05) is 49.4 Å². The highest BCUT2D eigenvalue weighted by Gasteiger charge is 2.24. The van der Waals surface area contributed by atoms with E-state index in [1.165, 1.54) is 10.9 Å². The van der Waals surface area contributed by atoms with E-state index < -0.39 is 0 Å². The van der Waals surface area contributed by atoms with E-state index in [4.69, 9.17) is 0 Å². The lowest BCUT2D eigenvalue weighted by Crippen LogP contribution is -2.47. The molecule has 0 atom stereocenters. The molecule has 8 nitrogen and oxygen atoms in total. The van der Waals surface area contributed by atoms with Crippen LogP contribution in [0.3, 0.4) is 0 Å². The summed E-state index contributed by atoms with van der Waals surface area (Å²) in [5.74, 6) is -0.103. The fourth-order valence-electron chi connectivity index (χ4n) is 3.97. The van der Waals surface area contributed by atoms with Crippen molar-refractivity contribution in [3.63, 3.8) is 0 Å². The van der Waals surface area contributed by atoms with Gasteiger partial charge in [-0.1, -0.05) is 30.3 Å². The van der Waals surface area contributed by atoms with Crippen LogP contribution in [0, 0.1) is 6.92 Å². The van der Waals surface area contributed by atoms with Gasteiger partial charge in [0.15, 0.2) is 0 Å². The summed E-state index contributed by atoms with van der Waals surface area (Å²) < 4.78 is 1.48. The van der Waals surface area contributed by atoms with E-state index >= 15 is 0 Å². The highest BCUT2D eigenvalue weighted by Crippen LogP contribution is 2.14. The minimum Gasteiger partial charge on any atom is -0.353 e. The topological polar surface area (TPSA) is 96.3 Å². The van der Waals surface area contributed by atoms with Crippen LogP contribution in [-0.2, 0) is 11.3 Å². The van der Waals surface area contributed by atoms with Gasteiger partial charge in [0.05, 0.1) is 17.2 Å². The molecule has 2 heterocycles. The number of nitrogens with zero attached hydrogens (tertiary/aromatic N) is 3. The molecule has 4 rings (SSSR count). The van der Waals surface area contributed by atoms with Gasteiger partial charge in [-0.3, -0.25) is 14.2 Å². The number of nitrogens with one attached hydrogen (secondary N) is 2. The molecule has 0 spiro atoms. The van der Waals surface area contributed by atoms with Crippen molar-refractivity contribution in [1.82, 2.24) is 19.8 Å². The number of likely N-dealkylation sites (tertiary alicyclic amines) is 1. The Hall–Kier alpha value is -3.68. The number of hydrogen-bond acceptors (Lipinski definition) is 4. The number of carbonyl (C=O) groups excluding carboxylic acids is 2. The molecule has 2 N–H and O–H groups in total. The van der Waals surface area contributed by atoms with Crippen molar-refractivity contribution in [2.75, 3.05) is 18.4 Å². The molecule has 8 heteroatoms. The van der Waals surface area contributed by atoms with Crippen molar-refractivity contribution in [2.45, 2.75) is 38.8 Å². The standard InChI is InChI=1S/C24H27N5O3/c1-17-6-5-9-20-22(17)25-16-29(23(20)31)15-12-21(30)26-19-10-13-28(14-11-19)24(32)27-18-7-3-2-4-8-18/h2-9,16,19H,10-15H2,1H3,(H,26,30)(H,27,32). The summed E-state index contributed by atoms with van der Waals surface area (Å²) in [6.07, 6.45) is 3.11. The van der Waals surface area contributed by atoms with Crippen molar-refractivity contribution in [2.24, 2.45) is 0 Å². The van der Waals surface area contributed by atoms with Gasteiger partial charge in [0.25, 0.3) is 5.56 Å². The van der Waals surface area contributed by atoms with Gasteiger partial charge in [-0.15, -0.1) is 0 Å². The third-order valence-electron chi connectivity index (χ3n) is 5.81. The molecule has 0 saturated carbocycles. The summed E-state index contributed by atoms with van der Waals surface area (Å²) in [5, 5.41) is 6.48. The molecule has 166 valence electrons. The number of benzene rings is 2. The van der Waals surface area contributed by atoms with Gasteiger partial charge in [-0.2, -0.15) is 0 Å². The fourth-order valence-corrected chi connectivity index (χ4v) is 3.97. The summed E-state index contributed by atoms with van der Waals surface area (Å²) in [7, 11) is 0. The number of piperidine rings is 1. The summed E-state index contributed by atoms with van der Waals surface area (Å²) in [6, 6.07) is 14.8. The molecule has 1 aliphatic heterocycles. The monoisotopic (exact) mass is 433 g/mol. The number of carbonyl (C=O) groups is 2. The van der Waals surface area contributed by atoms with Gasteiger partial charge >= 0.3 is 6.03 Å². The summed E-state index contributed by atoms with van der Waals surface area (Å²) >= 11 is 0. The van der Waals surface area contributed by atoms with Gasteiger partial charge in [-0.25, -0.2) is 9.78 Å². The highest BCUT2D eigenvalue weighted by molar-refractivity contribution is 5.89. The van der Waals surface area contributed by atoms with Gasteiger partial charge in [0, 0.05) is 37.8 Å². The largest absolute Gasteiger partial charge is 0.353 e. The number of fused-ring (bicyclic) bond motifs is 1. The second kappa shape index (κ2) is 9.64. The first-order valence-electron chi connectivity index (χ1n) is 10.9. The summed E-state index contributed by atoms with van der Waals surface area (Å²) in [6.45, 7) is 3.36. The minimum absolute atomic E-state index is 0.0253. The molecule has 0 bridgehead atoms. The lowest BCUT2D eigenvalue weighted by Gasteiger charge is -2.32. The molecule has 1 aromatic heterocycles. The average Bonchev–Trinajstić information content (AvgIpc) is 2.80. The number of aromatic nitrogens is 2. The molecule has 1 fully saturated rings. The molecule has 0 unspecified atom stereocenters. The Morgan fingerprint density at radius 3 is 2.56 bits per heavy atom. The molecule has 0 aliphatic carbocycles. The molecule has 2 aromatic carbocycles. The summed E-state index contributed by atoms with van der Waals surface area (Å²) in [5.41, 5.74) is 2.28. The Balaban J connectivity index is 1.25. The second-order valence-corrected chi connectivity index (χ2v) is 8.09. The minimum atomic E-state index is -0.135. The van der Waals surface area contributed by atoms with Crippen LogP contribution >= 0.6 is 0 Å². The number of para-hydroxylation sites is 2. The fraction of sp³-hybridized carbons (Fsp3) is 0.333. The van der Waals surface area contributed by atoms with Crippen LogP contribution in [0.15, 0.2) is 59.7 Å². The number of urea groups is 1. The van der Waals surface area contributed by atoms with E-state index in [2.05, 4.69) is 15.6 Å². The Morgan fingerprint density at radius 2 is 1.81 bits per heavy atom. The Bertz CT molecular complexity index is 1170. The molecule has 1 aliphatic rings. The number of hydrogen-bond donors (Lipinski definition) is 2. The van der Waals surface area contributed by atoms with Crippen LogP contribution < -0.4 is 16.2 Å². The van der Waals surface area contributed by atoms with Crippen LogP contribution in [0.2, 0.25) is 0 Å². The molecule has 3 aromatic rings. The van der Waals surface area contributed by atoms with Crippen LogP contribution in [0.1, 0.15) is 24.8 Å². The van der Waals surface area contributed by atoms with Gasteiger partial charge in [0.2, 0.25) is 5.91 Å². The molecular formula is C24H27N5O3.